The maximum atomic E-state index is 13.8. The monoisotopic (exact) mass is 1100 g/mol. The summed E-state index contributed by atoms with van der Waals surface area (Å²) in [7, 11) is 6.48. The van der Waals surface area contributed by atoms with E-state index >= 15 is 0 Å². The Kier molecular flexibility index (Phi) is 29.3. The van der Waals surface area contributed by atoms with Gasteiger partial charge >= 0.3 is 43.0 Å². The summed E-state index contributed by atoms with van der Waals surface area (Å²) in [4.78, 5) is 78.0. The number of rotatable bonds is 23. The maximum Gasteiger partial charge on any atom is 1.00 e. The minimum atomic E-state index is -0.697. The second-order valence-corrected chi connectivity index (χ2v) is 23.5. The number of hydrogen-bond acceptors (Lipinski definition) is 16. The van der Waals surface area contributed by atoms with Crippen LogP contribution in [0.2, 0.25) is 0 Å². The van der Waals surface area contributed by atoms with Gasteiger partial charge in [0.25, 0.3) is 0 Å². The Balaban J connectivity index is 0.000000452. The van der Waals surface area contributed by atoms with Crippen LogP contribution >= 0.6 is 0 Å². The molecular formula is C60H93LiN2O16. The van der Waals surface area contributed by atoms with E-state index in [1.165, 1.54) is 4.90 Å². The number of likely N-dealkylation sites (tertiary alicyclic amines) is 1. The third-order valence-corrected chi connectivity index (χ3v) is 13.7. The molecule has 3 fully saturated rings. The summed E-state index contributed by atoms with van der Waals surface area (Å²) >= 11 is 0. The van der Waals surface area contributed by atoms with Gasteiger partial charge in [-0.15, -0.1) is 12.1 Å². The fraction of sp³-hybridized carbons (Fsp3) is 0.700. The number of amides is 3. The predicted octanol–water partition coefficient (Wildman–Crippen LogP) is 7.73. The first-order chi connectivity index (χ1) is 36.6. The molecule has 0 saturated carbocycles. The van der Waals surface area contributed by atoms with Crippen molar-refractivity contribution in [3.05, 3.63) is 48.0 Å². The van der Waals surface area contributed by atoms with Crippen LogP contribution in [0, 0.1) is 53.4 Å². The van der Waals surface area contributed by atoms with Gasteiger partial charge < -0.3 is 52.7 Å². The Bertz CT molecular complexity index is 2240. The van der Waals surface area contributed by atoms with Crippen molar-refractivity contribution in [2.45, 2.75) is 171 Å². The van der Waals surface area contributed by atoms with E-state index in [0.717, 1.165) is 17.9 Å². The van der Waals surface area contributed by atoms with Gasteiger partial charge in [-0.25, -0.2) is 14.5 Å². The number of ketones is 1. The van der Waals surface area contributed by atoms with Crippen molar-refractivity contribution in [3.63, 3.8) is 0 Å². The van der Waals surface area contributed by atoms with E-state index in [2.05, 4.69) is 11.4 Å². The molecule has 3 amide bonds. The fourth-order valence-corrected chi connectivity index (χ4v) is 9.38. The molecule has 1 N–H and O–H groups in total. The van der Waals surface area contributed by atoms with E-state index in [4.69, 9.17) is 47.4 Å². The number of nitrogens with one attached hydrogen (secondary N) is 1. The number of methoxy groups -OCH3 is 4. The third-order valence-electron chi connectivity index (χ3n) is 13.7. The van der Waals surface area contributed by atoms with E-state index in [1.54, 1.807) is 100 Å². The van der Waals surface area contributed by atoms with Gasteiger partial charge in [-0.1, -0.05) is 55.4 Å². The zero-order chi connectivity index (χ0) is 58.7. The van der Waals surface area contributed by atoms with Crippen molar-refractivity contribution in [1.82, 2.24) is 10.2 Å². The van der Waals surface area contributed by atoms with E-state index in [0.29, 0.717) is 69.2 Å². The molecule has 3 heterocycles. The number of hydrogen-bond donors (Lipinski definition) is 1. The molecule has 8 atom stereocenters. The number of esters is 2. The van der Waals surface area contributed by atoms with Crippen molar-refractivity contribution >= 4 is 35.8 Å². The smallest absolute Gasteiger partial charge is 0.547 e. The normalized spacial score (nSPS) is 20.7. The summed E-state index contributed by atoms with van der Waals surface area (Å²) in [6.45, 7) is 28.8. The molecule has 0 aromatic heterocycles. The quantitative estimate of drug-likeness (QED) is 0.0282. The van der Waals surface area contributed by atoms with Gasteiger partial charge in [0.1, 0.15) is 23.4 Å². The van der Waals surface area contributed by atoms with Crippen molar-refractivity contribution in [2.75, 3.05) is 54.9 Å². The van der Waals surface area contributed by atoms with Gasteiger partial charge in [0, 0.05) is 63.4 Å². The predicted molar refractivity (Wildman–Crippen MR) is 295 cm³/mol. The first kappa shape index (κ1) is 70.1. The molecule has 3 aliphatic heterocycles. The summed E-state index contributed by atoms with van der Waals surface area (Å²) in [6.07, 6.45) is 1.12. The number of carbonyl (C=O) groups is 6. The van der Waals surface area contributed by atoms with E-state index in [1.807, 2.05) is 61.5 Å². The number of benzene rings is 2. The molecule has 3 saturated heterocycles. The first-order valence-electron chi connectivity index (χ1n) is 27.5. The van der Waals surface area contributed by atoms with Crippen LogP contribution in [0.4, 0.5) is 9.59 Å². The zero-order valence-corrected chi connectivity index (χ0v) is 50.9. The van der Waals surface area contributed by atoms with E-state index in [9.17, 15) is 28.8 Å². The molecule has 0 aliphatic carbocycles. The van der Waals surface area contributed by atoms with Gasteiger partial charge in [-0.3, -0.25) is 19.2 Å². The minimum Gasteiger partial charge on any atom is -0.547 e. The fourth-order valence-electron chi connectivity index (χ4n) is 9.38. The SMILES string of the molecule is CC(C)[C@@H]1C[C@@H]([C@@H]2C[C@@H](C(C)C)C(=O)N2C(=O)OC(C)(C)C)OC1=O.COCCCOc1c[c-]ccc1OC.COCCCOc1cc(C(=O)C(C[C@H](NC(=O)OC(C)(C)C)[C@@H]2C[C@@H](C(C)C)C(=O)O2)C(C)C)ccc1OC.[Li+]. The number of imide groups is 1. The summed E-state index contributed by atoms with van der Waals surface area (Å²) in [5.41, 5.74) is -0.905. The number of nitrogens with zero attached hydrogens (tertiary/aromatic N) is 1. The largest absolute Gasteiger partial charge is 1.00 e. The maximum absolute atomic E-state index is 13.8. The molecule has 0 bridgehead atoms. The minimum absolute atomic E-state index is 0. The Labute approximate surface area is 483 Å². The van der Waals surface area contributed by atoms with E-state index < -0.39 is 53.6 Å². The van der Waals surface area contributed by atoms with Crippen LogP contribution in [0.5, 0.6) is 23.0 Å². The van der Waals surface area contributed by atoms with Crippen LogP contribution in [0.3, 0.4) is 0 Å². The number of cyclic esters (lactones) is 2. The van der Waals surface area contributed by atoms with Crippen LogP contribution in [0.15, 0.2) is 36.4 Å². The molecule has 79 heavy (non-hydrogen) atoms. The van der Waals surface area contributed by atoms with Gasteiger partial charge in [0.05, 0.1) is 57.1 Å². The summed E-state index contributed by atoms with van der Waals surface area (Å²) < 4.78 is 54.2. The number of ether oxygens (including phenoxy) is 10. The average Bonchev–Trinajstić information content (AvgIpc) is 4.11. The van der Waals surface area contributed by atoms with Crippen LogP contribution in [-0.4, -0.2) is 131 Å². The van der Waals surface area contributed by atoms with Gasteiger partial charge in [-0.2, -0.15) is 12.1 Å². The van der Waals surface area contributed by atoms with Crippen molar-refractivity contribution < 1.29 is 95.0 Å². The third kappa shape index (κ3) is 22.1. The van der Waals surface area contributed by atoms with Crippen molar-refractivity contribution in [1.29, 1.82) is 0 Å². The number of alkyl carbamates (subject to hydrolysis) is 1. The van der Waals surface area contributed by atoms with Gasteiger partial charge in [0.2, 0.25) is 5.91 Å². The number of carbonyl (C=O) groups excluding carboxylic acids is 6. The Morgan fingerprint density at radius 2 is 1.20 bits per heavy atom. The first-order valence-corrected chi connectivity index (χ1v) is 27.5. The molecule has 2 aromatic rings. The Hall–Kier alpha value is -5.02. The molecule has 5 rings (SSSR count). The Morgan fingerprint density at radius 3 is 1.70 bits per heavy atom. The summed E-state index contributed by atoms with van der Waals surface area (Å²) in [5.74, 6) is 0.845. The molecule has 19 heteroatoms. The Morgan fingerprint density at radius 1 is 0.671 bits per heavy atom. The second-order valence-electron chi connectivity index (χ2n) is 23.5. The molecule has 3 aliphatic rings. The van der Waals surface area contributed by atoms with Crippen molar-refractivity contribution in [3.8, 4) is 23.0 Å². The van der Waals surface area contributed by atoms with Crippen molar-refractivity contribution in [2.24, 2.45) is 47.3 Å². The molecule has 0 radical (unpaired) electrons. The van der Waals surface area contributed by atoms with Crippen LogP contribution < -0.4 is 43.1 Å². The molecule has 1 unspecified atom stereocenters. The standard InChI is InChI=1S/C30H47NO8.C19H31NO5.C11H15O3.Li/c1-18(2)21(27(32)20-11-12-24(36-9)26(15-20)37-14-10-13-35-8)16-23(31-29(34)39-30(5,6)7)25-17-22(19(3)4)28(33)38-25;1-10(2)12-8-14(15-9-13(11(3)4)17(22)24-15)20(16(12)21)18(23)25-19(5,6)7;1-12-8-5-9-14-11-7-4-3-6-10(11)13-2;/h11-12,15,18-19,21-23,25H,10,13-14,16-17H2,1-9H3,(H,31,34);10-15H,8-9H2,1-7H3;3,6-7H,5,8-9H2,1-2H3;/q;;-1;+1/t21?,22-,23-,25-;12-,13-,14-,15-;;/m00../s1. The zero-order valence-electron chi connectivity index (χ0n) is 50.9. The molecular weight excluding hydrogens is 1010 g/mol. The van der Waals surface area contributed by atoms with E-state index in [-0.39, 0.29) is 90.3 Å². The summed E-state index contributed by atoms with van der Waals surface area (Å²) in [6, 6.07) is 12.4. The van der Waals surface area contributed by atoms with Crippen LogP contribution in [0.1, 0.15) is 146 Å². The van der Waals surface area contributed by atoms with Gasteiger partial charge in [-0.05, 0) is 109 Å². The van der Waals surface area contributed by atoms with Crippen LogP contribution in [-0.2, 0) is 42.8 Å². The topological polar surface area (TPSA) is 210 Å². The molecule has 440 valence electrons. The van der Waals surface area contributed by atoms with Crippen LogP contribution in [0.25, 0.3) is 0 Å². The molecule has 18 nitrogen and oxygen atoms in total. The molecule has 2 aromatic carbocycles. The molecule has 0 spiro atoms. The van der Waals surface area contributed by atoms with Gasteiger partial charge in [0.15, 0.2) is 17.3 Å². The second kappa shape index (κ2) is 33.0. The number of Topliss-reactive ketones (excluding diaryl/α,β-unsaturated/α-hetero) is 1. The average molecular weight is 1110 g/mol. The summed E-state index contributed by atoms with van der Waals surface area (Å²) in [5, 5.41) is 2.91.